The second kappa shape index (κ2) is 6.76. The van der Waals surface area contributed by atoms with Gasteiger partial charge in [0.15, 0.2) is 0 Å². The number of thioether (sulfide) groups is 1. The van der Waals surface area contributed by atoms with Gasteiger partial charge in [-0.2, -0.15) is 11.8 Å². The predicted octanol–water partition coefficient (Wildman–Crippen LogP) is 2.47. The van der Waals surface area contributed by atoms with Crippen molar-refractivity contribution >= 4 is 50.9 Å². The van der Waals surface area contributed by atoms with Gasteiger partial charge in [0.2, 0.25) is 5.91 Å². The van der Waals surface area contributed by atoms with Gasteiger partial charge >= 0.3 is 5.97 Å². The molecule has 4 nitrogen and oxygen atoms in total. The van der Waals surface area contributed by atoms with Gasteiger partial charge in [-0.05, 0) is 28.1 Å². The molecule has 1 aromatic rings. The number of carboxylic acids is 1. The van der Waals surface area contributed by atoms with Crippen LogP contribution in [0, 0.1) is 0 Å². The highest BCUT2D eigenvalue weighted by molar-refractivity contribution is 9.11. The average Bonchev–Trinajstić information content (AvgIpc) is 2.74. The SMILES string of the molecule is O=C(O)CC1CSCCN1C(=O)Cc1ccc(Br)s1. The van der Waals surface area contributed by atoms with E-state index in [4.69, 9.17) is 5.11 Å². The highest BCUT2D eigenvalue weighted by atomic mass is 79.9. The molecule has 1 aliphatic heterocycles. The first-order chi connectivity index (χ1) is 9.06. The molecule has 1 atom stereocenters. The van der Waals surface area contributed by atoms with Crippen LogP contribution in [0.1, 0.15) is 11.3 Å². The van der Waals surface area contributed by atoms with Gasteiger partial charge in [0.25, 0.3) is 0 Å². The van der Waals surface area contributed by atoms with Crippen LogP contribution in [0.3, 0.4) is 0 Å². The van der Waals surface area contributed by atoms with Crippen LogP contribution in [0.15, 0.2) is 15.9 Å². The summed E-state index contributed by atoms with van der Waals surface area (Å²) in [5, 5.41) is 8.91. The average molecular weight is 364 g/mol. The Kier molecular flexibility index (Phi) is 5.29. The summed E-state index contributed by atoms with van der Waals surface area (Å²) in [5.41, 5.74) is 0. The van der Waals surface area contributed by atoms with E-state index in [1.165, 1.54) is 0 Å². The Morgan fingerprint density at radius 3 is 2.89 bits per heavy atom. The molecule has 19 heavy (non-hydrogen) atoms. The van der Waals surface area contributed by atoms with Gasteiger partial charge in [0.1, 0.15) is 0 Å². The molecule has 1 aliphatic rings. The number of hydrogen-bond donors (Lipinski definition) is 1. The van der Waals surface area contributed by atoms with E-state index in [9.17, 15) is 9.59 Å². The maximum absolute atomic E-state index is 12.3. The molecule has 1 unspecified atom stereocenters. The minimum atomic E-state index is -0.843. The summed E-state index contributed by atoms with van der Waals surface area (Å²) in [6.45, 7) is 0.647. The lowest BCUT2D eigenvalue weighted by Crippen LogP contribution is -2.47. The third kappa shape index (κ3) is 4.22. The number of carbonyl (C=O) groups excluding carboxylic acids is 1. The highest BCUT2D eigenvalue weighted by Gasteiger charge is 2.28. The molecule has 1 amide bonds. The number of rotatable bonds is 4. The van der Waals surface area contributed by atoms with Crippen molar-refractivity contribution < 1.29 is 14.7 Å². The molecule has 0 radical (unpaired) electrons. The van der Waals surface area contributed by atoms with E-state index >= 15 is 0 Å². The van der Waals surface area contributed by atoms with Gasteiger partial charge in [-0.3, -0.25) is 9.59 Å². The van der Waals surface area contributed by atoms with Crippen molar-refractivity contribution in [2.45, 2.75) is 18.9 Å². The van der Waals surface area contributed by atoms with Crippen molar-refractivity contribution in [2.75, 3.05) is 18.1 Å². The molecule has 2 heterocycles. The van der Waals surface area contributed by atoms with Crippen LogP contribution in [0.25, 0.3) is 0 Å². The summed E-state index contributed by atoms with van der Waals surface area (Å²) in [6, 6.07) is 3.68. The monoisotopic (exact) mass is 363 g/mol. The minimum absolute atomic E-state index is 0.0286. The Bertz CT molecular complexity index is 477. The van der Waals surface area contributed by atoms with Gasteiger partial charge in [-0.1, -0.05) is 0 Å². The van der Waals surface area contributed by atoms with Crippen molar-refractivity contribution in [3.63, 3.8) is 0 Å². The zero-order chi connectivity index (χ0) is 13.8. The summed E-state index contributed by atoms with van der Waals surface area (Å²) in [7, 11) is 0. The summed E-state index contributed by atoms with van der Waals surface area (Å²) in [4.78, 5) is 25.9. The molecule has 1 fully saturated rings. The quantitative estimate of drug-likeness (QED) is 0.892. The number of carbonyl (C=O) groups is 2. The molecule has 2 rings (SSSR count). The molecule has 0 bridgehead atoms. The number of carboxylic acid groups (broad SMARTS) is 1. The van der Waals surface area contributed by atoms with E-state index in [0.29, 0.717) is 18.7 Å². The lowest BCUT2D eigenvalue weighted by molar-refractivity contribution is -0.140. The fraction of sp³-hybridized carbons (Fsp3) is 0.500. The van der Waals surface area contributed by atoms with Crippen molar-refractivity contribution in [1.82, 2.24) is 4.90 Å². The molecular formula is C12H14BrNO3S2. The van der Waals surface area contributed by atoms with Crippen LogP contribution in [0.2, 0.25) is 0 Å². The van der Waals surface area contributed by atoms with Gasteiger partial charge < -0.3 is 10.0 Å². The summed E-state index contributed by atoms with van der Waals surface area (Å²) in [5.74, 6) is 0.785. The van der Waals surface area contributed by atoms with Crippen LogP contribution in [0.4, 0.5) is 0 Å². The zero-order valence-corrected chi connectivity index (χ0v) is 13.4. The van der Waals surface area contributed by atoms with Gasteiger partial charge in [0.05, 0.1) is 22.7 Å². The van der Waals surface area contributed by atoms with Crippen LogP contribution < -0.4 is 0 Å². The number of amides is 1. The van der Waals surface area contributed by atoms with Crippen molar-refractivity contribution in [3.05, 3.63) is 20.8 Å². The lowest BCUT2D eigenvalue weighted by Gasteiger charge is -2.34. The first-order valence-corrected chi connectivity index (χ1v) is 8.66. The Morgan fingerprint density at radius 2 is 2.26 bits per heavy atom. The largest absolute Gasteiger partial charge is 0.481 e. The molecule has 1 N–H and O–H groups in total. The van der Waals surface area contributed by atoms with E-state index in [2.05, 4.69) is 15.9 Å². The van der Waals surface area contributed by atoms with Gasteiger partial charge in [-0.25, -0.2) is 0 Å². The molecule has 0 aliphatic carbocycles. The molecule has 0 spiro atoms. The van der Waals surface area contributed by atoms with Crippen LogP contribution in [-0.4, -0.2) is 46.0 Å². The van der Waals surface area contributed by atoms with Gasteiger partial charge in [0, 0.05) is 22.9 Å². The molecule has 0 aromatic carbocycles. The second-order valence-electron chi connectivity index (χ2n) is 4.30. The van der Waals surface area contributed by atoms with Crippen molar-refractivity contribution in [2.24, 2.45) is 0 Å². The van der Waals surface area contributed by atoms with E-state index < -0.39 is 5.97 Å². The number of thiophene rings is 1. The molecular weight excluding hydrogens is 350 g/mol. The van der Waals surface area contributed by atoms with Crippen LogP contribution in [-0.2, 0) is 16.0 Å². The number of nitrogens with zero attached hydrogens (tertiary/aromatic N) is 1. The zero-order valence-electron chi connectivity index (χ0n) is 10.2. The first-order valence-electron chi connectivity index (χ1n) is 5.89. The minimum Gasteiger partial charge on any atom is -0.481 e. The predicted molar refractivity (Wildman–Crippen MR) is 80.8 cm³/mol. The lowest BCUT2D eigenvalue weighted by atomic mass is 10.1. The Morgan fingerprint density at radius 1 is 1.47 bits per heavy atom. The fourth-order valence-corrected chi connectivity index (χ4v) is 4.59. The number of halogens is 1. The maximum Gasteiger partial charge on any atom is 0.305 e. The number of hydrogen-bond acceptors (Lipinski definition) is 4. The summed E-state index contributed by atoms with van der Waals surface area (Å²) >= 11 is 6.63. The van der Waals surface area contributed by atoms with Crippen molar-refractivity contribution in [1.29, 1.82) is 0 Å². The Labute approximate surface area is 128 Å². The number of aliphatic carboxylic acids is 1. The summed E-state index contributed by atoms with van der Waals surface area (Å²) < 4.78 is 1.01. The molecule has 104 valence electrons. The normalized spacial score (nSPS) is 19.4. The summed E-state index contributed by atoms with van der Waals surface area (Å²) in [6.07, 6.45) is 0.393. The smallest absolute Gasteiger partial charge is 0.305 e. The molecule has 1 saturated heterocycles. The third-order valence-corrected chi connectivity index (χ3v) is 5.63. The van der Waals surface area contributed by atoms with E-state index in [-0.39, 0.29) is 18.4 Å². The highest BCUT2D eigenvalue weighted by Crippen LogP contribution is 2.25. The Balaban J connectivity index is 2.00. The standard InChI is InChI=1S/C12H14BrNO3S2/c13-10-2-1-9(19-10)6-11(15)14-3-4-18-7-8(14)5-12(16)17/h1-2,8H,3-7H2,(H,16,17). The van der Waals surface area contributed by atoms with E-state index in [1.807, 2.05) is 12.1 Å². The molecule has 1 aromatic heterocycles. The van der Waals surface area contributed by atoms with Crippen LogP contribution >= 0.6 is 39.0 Å². The first kappa shape index (κ1) is 14.9. The maximum atomic E-state index is 12.3. The molecule has 0 saturated carbocycles. The van der Waals surface area contributed by atoms with Crippen molar-refractivity contribution in [3.8, 4) is 0 Å². The van der Waals surface area contributed by atoms with Gasteiger partial charge in [-0.15, -0.1) is 11.3 Å². The fourth-order valence-electron chi connectivity index (χ4n) is 2.05. The Hall–Kier alpha value is -0.530. The topological polar surface area (TPSA) is 57.6 Å². The van der Waals surface area contributed by atoms with E-state index in [0.717, 1.165) is 14.4 Å². The molecule has 7 heteroatoms. The second-order valence-corrected chi connectivity index (χ2v) is 7.99. The van der Waals surface area contributed by atoms with Crippen LogP contribution in [0.5, 0.6) is 0 Å². The third-order valence-electron chi connectivity index (χ3n) is 2.91. The van der Waals surface area contributed by atoms with E-state index in [1.54, 1.807) is 28.0 Å².